The molecule has 3 rings (SSSR count). The number of benzene rings is 2. The van der Waals surface area contributed by atoms with Gasteiger partial charge in [-0.1, -0.05) is 41.6 Å². The van der Waals surface area contributed by atoms with Crippen molar-refractivity contribution in [1.82, 2.24) is 9.55 Å². The Morgan fingerprint density at radius 2 is 2.19 bits per heavy atom. The van der Waals surface area contributed by atoms with Gasteiger partial charge in [0.1, 0.15) is 5.75 Å². The molecule has 0 aliphatic rings. The first-order chi connectivity index (χ1) is 12.6. The fraction of sp³-hybridized carbons (Fsp3) is 0.158. The van der Waals surface area contributed by atoms with Gasteiger partial charge in [-0.25, -0.2) is 4.98 Å². The van der Waals surface area contributed by atoms with Crippen LogP contribution in [0, 0.1) is 0 Å². The number of carbonyl (C=O) groups excluding carboxylic acids is 1. The van der Waals surface area contributed by atoms with E-state index in [1.165, 1.54) is 11.8 Å². The predicted molar refractivity (Wildman–Crippen MR) is 107 cm³/mol. The van der Waals surface area contributed by atoms with E-state index in [4.69, 9.17) is 16.3 Å². The summed E-state index contributed by atoms with van der Waals surface area (Å²) in [5.41, 5.74) is 2.46. The van der Waals surface area contributed by atoms with Crippen molar-refractivity contribution < 1.29 is 9.53 Å². The number of rotatable bonds is 7. The van der Waals surface area contributed by atoms with E-state index < -0.39 is 0 Å². The molecule has 1 aromatic heterocycles. The van der Waals surface area contributed by atoms with Crippen molar-refractivity contribution in [3.63, 3.8) is 0 Å². The van der Waals surface area contributed by atoms with Gasteiger partial charge in [0, 0.05) is 11.6 Å². The van der Waals surface area contributed by atoms with Crippen LogP contribution in [0.5, 0.6) is 5.75 Å². The third-order valence-electron chi connectivity index (χ3n) is 3.70. The third kappa shape index (κ3) is 4.03. The number of methoxy groups -OCH3 is 1. The van der Waals surface area contributed by atoms with Crippen LogP contribution < -0.4 is 10.1 Å². The van der Waals surface area contributed by atoms with Crippen LogP contribution in [0.25, 0.3) is 11.0 Å². The number of halogens is 1. The van der Waals surface area contributed by atoms with Crippen LogP contribution in [-0.2, 0) is 11.3 Å². The molecule has 0 spiro atoms. The molecular formula is C19H18ClN3O2S. The zero-order chi connectivity index (χ0) is 18.5. The molecule has 26 heavy (non-hydrogen) atoms. The molecule has 1 amide bonds. The number of anilines is 1. The number of ether oxygens (including phenoxy) is 1. The molecule has 0 unspecified atom stereocenters. The average molecular weight is 388 g/mol. The summed E-state index contributed by atoms with van der Waals surface area (Å²) >= 11 is 7.37. The van der Waals surface area contributed by atoms with Crippen molar-refractivity contribution in [2.24, 2.45) is 0 Å². The molecule has 7 heteroatoms. The minimum Gasteiger partial charge on any atom is -0.495 e. The van der Waals surface area contributed by atoms with Gasteiger partial charge in [0.15, 0.2) is 5.16 Å². The average Bonchev–Trinajstić information content (AvgIpc) is 2.98. The van der Waals surface area contributed by atoms with E-state index >= 15 is 0 Å². The summed E-state index contributed by atoms with van der Waals surface area (Å²) in [5.74, 6) is 0.621. The standard InChI is InChI=1S/C19H18ClN3O2S/c1-3-10-23-16-7-5-4-6-14(16)22-19(23)26-12-18(24)21-15-11-13(20)8-9-17(15)25-2/h3-9,11H,1,10,12H2,2H3,(H,21,24). The first kappa shape index (κ1) is 18.4. The topological polar surface area (TPSA) is 56.2 Å². The molecule has 0 fully saturated rings. The normalized spacial score (nSPS) is 10.7. The molecule has 0 atom stereocenters. The first-order valence-corrected chi connectivity index (χ1v) is 9.31. The van der Waals surface area contributed by atoms with Gasteiger partial charge in [0.25, 0.3) is 0 Å². The number of fused-ring (bicyclic) bond motifs is 1. The number of nitrogens with one attached hydrogen (secondary N) is 1. The lowest BCUT2D eigenvalue weighted by Gasteiger charge is -2.10. The lowest BCUT2D eigenvalue weighted by molar-refractivity contribution is -0.113. The Labute approximate surface area is 161 Å². The van der Waals surface area contributed by atoms with Crippen LogP contribution in [0.2, 0.25) is 5.02 Å². The van der Waals surface area contributed by atoms with Crippen LogP contribution in [0.1, 0.15) is 0 Å². The number of nitrogens with zero attached hydrogens (tertiary/aromatic N) is 2. The largest absolute Gasteiger partial charge is 0.495 e. The quantitative estimate of drug-likeness (QED) is 0.475. The minimum absolute atomic E-state index is 0.159. The summed E-state index contributed by atoms with van der Waals surface area (Å²) in [5, 5.41) is 4.14. The molecule has 0 aliphatic carbocycles. The van der Waals surface area contributed by atoms with Gasteiger partial charge in [-0.2, -0.15) is 0 Å². The van der Waals surface area contributed by atoms with Crippen molar-refractivity contribution in [2.75, 3.05) is 18.2 Å². The summed E-state index contributed by atoms with van der Waals surface area (Å²) in [6, 6.07) is 13.0. The molecular weight excluding hydrogens is 370 g/mol. The Balaban J connectivity index is 1.74. The van der Waals surface area contributed by atoms with E-state index in [2.05, 4.69) is 16.9 Å². The zero-order valence-corrected chi connectivity index (χ0v) is 15.8. The van der Waals surface area contributed by atoms with E-state index in [-0.39, 0.29) is 11.7 Å². The lowest BCUT2D eigenvalue weighted by Crippen LogP contribution is -2.15. The van der Waals surface area contributed by atoms with Crippen LogP contribution in [0.4, 0.5) is 5.69 Å². The molecule has 1 N–H and O–H groups in total. The molecule has 3 aromatic rings. The van der Waals surface area contributed by atoms with Crippen LogP contribution in [0.3, 0.4) is 0 Å². The number of thioether (sulfide) groups is 1. The van der Waals surface area contributed by atoms with Crippen LogP contribution in [-0.4, -0.2) is 28.3 Å². The highest BCUT2D eigenvalue weighted by Crippen LogP contribution is 2.28. The van der Waals surface area contributed by atoms with Crippen molar-refractivity contribution in [3.05, 3.63) is 60.1 Å². The van der Waals surface area contributed by atoms with Crippen molar-refractivity contribution >= 4 is 46.0 Å². The van der Waals surface area contributed by atoms with E-state index in [9.17, 15) is 4.79 Å². The van der Waals surface area contributed by atoms with Crippen LogP contribution in [0.15, 0.2) is 60.3 Å². The smallest absolute Gasteiger partial charge is 0.234 e. The van der Waals surface area contributed by atoms with E-state index in [1.807, 2.05) is 34.9 Å². The third-order valence-corrected chi connectivity index (χ3v) is 4.91. The second-order valence-electron chi connectivity index (χ2n) is 5.46. The number of amides is 1. The van der Waals surface area contributed by atoms with Gasteiger partial charge in [0.2, 0.25) is 5.91 Å². The second kappa shape index (κ2) is 8.29. The SMILES string of the molecule is C=CCn1c(SCC(=O)Nc2cc(Cl)ccc2OC)nc2ccccc21. The monoisotopic (exact) mass is 387 g/mol. The van der Waals surface area contributed by atoms with Crippen molar-refractivity contribution in [2.45, 2.75) is 11.7 Å². The molecule has 0 saturated heterocycles. The number of carbonyl (C=O) groups is 1. The maximum absolute atomic E-state index is 12.4. The summed E-state index contributed by atoms with van der Waals surface area (Å²) in [6.07, 6.45) is 1.81. The fourth-order valence-electron chi connectivity index (χ4n) is 2.56. The molecule has 0 aliphatic heterocycles. The molecule has 0 saturated carbocycles. The maximum atomic E-state index is 12.4. The summed E-state index contributed by atoms with van der Waals surface area (Å²) in [4.78, 5) is 17.0. The summed E-state index contributed by atoms with van der Waals surface area (Å²) in [7, 11) is 1.55. The second-order valence-corrected chi connectivity index (χ2v) is 6.84. The first-order valence-electron chi connectivity index (χ1n) is 7.94. The number of hydrogen-bond donors (Lipinski definition) is 1. The number of hydrogen-bond acceptors (Lipinski definition) is 4. The molecule has 0 bridgehead atoms. The number of allylic oxidation sites excluding steroid dienone is 1. The summed E-state index contributed by atoms with van der Waals surface area (Å²) < 4.78 is 7.29. The number of para-hydroxylation sites is 2. The van der Waals surface area contributed by atoms with Crippen molar-refractivity contribution in [1.29, 1.82) is 0 Å². The minimum atomic E-state index is -0.159. The maximum Gasteiger partial charge on any atom is 0.234 e. The molecule has 134 valence electrons. The Morgan fingerprint density at radius 3 is 2.96 bits per heavy atom. The Bertz CT molecular complexity index is 955. The molecule has 0 radical (unpaired) electrons. The van der Waals surface area contributed by atoms with Crippen LogP contribution >= 0.6 is 23.4 Å². The molecule has 2 aromatic carbocycles. The lowest BCUT2D eigenvalue weighted by atomic mass is 10.3. The Morgan fingerprint density at radius 1 is 1.38 bits per heavy atom. The van der Waals surface area contributed by atoms with Crippen molar-refractivity contribution in [3.8, 4) is 5.75 Å². The number of aromatic nitrogens is 2. The summed E-state index contributed by atoms with van der Waals surface area (Å²) in [6.45, 7) is 4.43. The molecule has 1 heterocycles. The van der Waals surface area contributed by atoms with Gasteiger partial charge in [-0.15, -0.1) is 6.58 Å². The van der Waals surface area contributed by atoms with E-state index in [0.29, 0.717) is 23.0 Å². The fourth-order valence-corrected chi connectivity index (χ4v) is 3.56. The predicted octanol–water partition coefficient (Wildman–Crippen LogP) is 4.62. The highest BCUT2D eigenvalue weighted by Gasteiger charge is 2.13. The zero-order valence-electron chi connectivity index (χ0n) is 14.2. The van der Waals surface area contributed by atoms with Gasteiger partial charge in [-0.3, -0.25) is 4.79 Å². The number of imidazole rings is 1. The highest BCUT2D eigenvalue weighted by atomic mass is 35.5. The van der Waals surface area contributed by atoms with Gasteiger partial charge >= 0.3 is 0 Å². The van der Waals surface area contributed by atoms with Gasteiger partial charge in [0.05, 0.1) is 29.6 Å². The van der Waals surface area contributed by atoms with Gasteiger partial charge in [-0.05, 0) is 30.3 Å². The Kier molecular flexibility index (Phi) is 5.85. The van der Waals surface area contributed by atoms with Gasteiger partial charge < -0.3 is 14.6 Å². The Hall–Kier alpha value is -2.44. The highest BCUT2D eigenvalue weighted by molar-refractivity contribution is 7.99. The molecule has 5 nitrogen and oxygen atoms in total. The van der Waals surface area contributed by atoms with E-state index in [1.54, 1.807) is 25.3 Å². The van der Waals surface area contributed by atoms with E-state index in [0.717, 1.165) is 16.2 Å².